The van der Waals surface area contributed by atoms with Gasteiger partial charge in [0.05, 0.1) is 6.42 Å². The Bertz CT molecular complexity index is 297. The zero-order chi connectivity index (χ0) is 11.6. The summed E-state index contributed by atoms with van der Waals surface area (Å²) < 4.78 is 5.09. The summed E-state index contributed by atoms with van der Waals surface area (Å²) >= 11 is 0. The van der Waals surface area contributed by atoms with Crippen molar-refractivity contribution in [3.63, 3.8) is 0 Å². The Kier molecular flexibility index (Phi) is 3.28. The van der Waals surface area contributed by atoms with Crippen LogP contribution in [-0.2, 0) is 14.3 Å². The number of nitrogens with zero attached hydrogens (tertiary/aromatic N) is 1. The van der Waals surface area contributed by atoms with Gasteiger partial charge in [0.15, 0.2) is 0 Å². The van der Waals surface area contributed by atoms with Crippen molar-refractivity contribution in [2.45, 2.75) is 32.1 Å². The minimum Gasteiger partial charge on any atom is -0.385 e. The number of methoxy groups -OCH3 is 1. The van der Waals surface area contributed by atoms with E-state index in [0.29, 0.717) is 18.4 Å². The van der Waals surface area contributed by atoms with Crippen LogP contribution in [0, 0.1) is 5.41 Å². The number of ketones is 1. The van der Waals surface area contributed by atoms with Crippen molar-refractivity contribution in [1.82, 2.24) is 4.90 Å². The Morgan fingerprint density at radius 1 is 1.38 bits per heavy atom. The molecule has 1 aliphatic heterocycles. The van der Waals surface area contributed by atoms with Crippen molar-refractivity contribution in [2.75, 3.05) is 26.8 Å². The number of ether oxygens (including phenoxy) is 1. The molecule has 1 saturated heterocycles. The minimum absolute atomic E-state index is 0.0138. The van der Waals surface area contributed by atoms with E-state index >= 15 is 0 Å². The smallest absolute Gasteiger partial charge is 0.230 e. The molecule has 2 aliphatic rings. The van der Waals surface area contributed by atoms with Gasteiger partial charge in [-0.2, -0.15) is 0 Å². The van der Waals surface area contributed by atoms with Crippen LogP contribution in [0.1, 0.15) is 32.1 Å². The molecule has 1 aliphatic carbocycles. The number of hydrogen-bond acceptors (Lipinski definition) is 3. The quantitative estimate of drug-likeness (QED) is 0.656. The summed E-state index contributed by atoms with van der Waals surface area (Å²) in [7, 11) is 1.71. The van der Waals surface area contributed by atoms with Crippen molar-refractivity contribution in [3.05, 3.63) is 0 Å². The molecule has 0 aromatic rings. The summed E-state index contributed by atoms with van der Waals surface area (Å²) in [5.41, 5.74) is 0.298. The van der Waals surface area contributed by atoms with E-state index in [1.807, 2.05) is 4.90 Å². The highest BCUT2D eigenvalue weighted by Gasteiger charge is 2.44. The summed E-state index contributed by atoms with van der Waals surface area (Å²) in [6.07, 6.45) is 4.05. The van der Waals surface area contributed by atoms with E-state index in [9.17, 15) is 9.59 Å². The highest BCUT2D eigenvalue weighted by Crippen LogP contribution is 2.49. The van der Waals surface area contributed by atoms with Gasteiger partial charge in [0.25, 0.3) is 0 Å². The number of hydrogen-bond donors (Lipinski definition) is 0. The molecule has 2 rings (SSSR count). The van der Waals surface area contributed by atoms with Crippen LogP contribution in [-0.4, -0.2) is 43.4 Å². The number of Topliss-reactive ketones (excluding diaryl/α,β-unsaturated/α-hetero) is 1. The van der Waals surface area contributed by atoms with Crippen molar-refractivity contribution in [2.24, 2.45) is 5.41 Å². The molecule has 16 heavy (non-hydrogen) atoms. The lowest BCUT2D eigenvalue weighted by Crippen LogP contribution is -2.42. The standard InChI is InChI=1S/C12H19NO3/c1-16-7-5-12(3-4-12)9-13-6-2-10(14)8-11(13)15/h2-9H2,1H3. The largest absolute Gasteiger partial charge is 0.385 e. The molecule has 1 amide bonds. The Morgan fingerprint density at radius 2 is 2.12 bits per heavy atom. The second-order valence-corrected chi connectivity index (χ2v) is 5.02. The normalized spacial score (nSPS) is 23.7. The van der Waals surface area contributed by atoms with E-state index in [1.165, 1.54) is 12.8 Å². The summed E-state index contributed by atoms with van der Waals surface area (Å²) in [4.78, 5) is 24.6. The molecule has 1 heterocycles. The first kappa shape index (κ1) is 11.6. The SMILES string of the molecule is COCCC1(CN2CCC(=O)CC2=O)CC1. The van der Waals surface area contributed by atoms with Crippen LogP contribution in [0.3, 0.4) is 0 Å². The number of rotatable bonds is 5. The first-order chi connectivity index (χ1) is 7.65. The van der Waals surface area contributed by atoms with Crippen LogP contribution in [0.4, 0.5) is 0 Å². The lowest BCUT2D eigenvalue weighted by atomic mass is 10.00. The van der Waals surface area contributed by atoms with Crippen LogP contribution in [0.2, 0.25) is 0 Å². The predicted molar refractivity (Wildman–Crippen MR) is 59.0 cm³/mol. The number of piperidine rings is 1. The fraction of sp³-hybridized carbons (Fsp3) is 0.833. The maximum atomic E-state index is 11.7. The molecule has 0 N–H and O–H groups in total. The van der Waals surface area contributed by atoms with Crippen molar-refractivity contribution < 1.29 is 14.3 Å². The van der Waals surface area contributed by atoms with Crippen molar-refractivity contribution in [1.29, 1.82) is 0 Å². The first-order valence-electron chi connectivity index (χ1n) is 5.94. The summed E-state index contributed by atoms with van der Waals surface area (Å²) in [5.74, 6) is 0.0999. The monoisotopic (exact) mass is 225 g/mol. The molecule has 0 aromatic heterocycles. The van der Waals surface area contributed by atoms with Crippen LogP contribution in [0.5, 0.6) is 0 Å². The molecule has 0 aromatic carbocycles. The van der Waals surface area contributed by atoms with Crippen LogP contribution >= 0.6 is 0 Å². The van der Waals surface area contributed by atoms with Gasteiger partial charge in [0.2, 0.25) is 5.91 Å². The van der Waals surface area contributed by atoms with Crippen LogP contribution in [0.25, 0.3) is 0 Å². The maximum Gasteiger partial charge on any atom is 0.230 e. The summed E-state index contributed by atoms with van der Waals surface area (Å²) in [6.45, 7) is 2.20. The second-order valence-electron chi connectivity index (χ2n) is 5.02. The van der Waals surface area contributed by atoms with Gasteiger partial charge in [-0.05, 0) is 24.7 Å². The lowest BCUT2D eigenvalue weighted by Gasteiger charge is -2.30. The van der Waals surface area contributed by atoms with Gasteiger partial charge < -0.3 is 9.64 Å². The topological polar surface area (TPSA) is 46.6 Å². The van der Waals surface area contributed by atoms with E-state index in [1.54, 1.807) is 7.11 Å². The number of amides is 1. The highest BCUT2D eigenvalue weighted by molar-refractivity contribution is 6.00. The fourth-order valence-corrected chi connectivity index (χ4v) is 2.31. The Labute approximate surface area is 95.9 Å². The zero-order valence-corrected chi connectivity index (χ0v) is 9.83. The molecule has 0 spiro atoms. The zero-order valence-electron chi connectivity index (χ0n) is 9.83. The summed E-state index contributed by atoms with van der Waals surface area (Å²) in [5, 5.41) is 0. The maximum absolute atomic E-state index is 11.7. The van der Waals surface area contributed by atoms with Gasteiger partial charge in [-0.25, -0.2) is 0 Å². The summed E-state index contributed by atoms with van der Waals surface area (Å²) in [6, 6.07) is 0. The molecule has 1 saturated carbocycles. The second kappa shape index (κ2) is 4.53. The number of carbonyl (C=O) groups excluding carboxylic acids is 2. The van der Waals surface area contributed by atoms with Gasteiger partial charge in [-0.3, -0.25) is 9.59 Å². The van der Waals surface area contributed by atoms with Gasteiger partial charge in [-0.1, -0.05) is 0 Å². The molecular weight excluding hydrogens is 206 g/mol. The van der Waals surface area contributed by atoms with Gasteiger partial charge in [0.1, 0.15) is 5.78 Å². The molecule has 0 radical (unpaired) electrons. The number of likely N-dealkylation sites (tertiary alicyclic amines) is 1. The van der Waals surface area contributed by atoms with Gasteiger partial charge in [-0.15, -0.1) is 0 Å². The molecule has 0 atom stereocenters. The Hall–Kier alpha value is -0.900. The van der Waals surface area contributed by atoms with Crippen LogP contribution in [0.15, 0.2) is 0 Å². The Morgan fingerprint density at radius 3 is 2.69 bits per heavy atom. The van der Waals surface area contributed by atoms with E-state index in [-0.39, 0.29) is 18.1 Å². The van der Waals surface area contributed by atoms with E-state index < -0.39 is 0 Å². The van der Waals surface area contributed by atoms with Gasteiger partial charge >= 0.3 is 0 Å². The predicted octanol–water partition coefficient (Wildman–Crippen LogP) is 0.995. The molecule has 2 fully saturated rings. The third-order valence-electron chi connectivity index (χ3n) is 3.68. The third kappa shape index (κ3) is 2.61. The molecule has 4 nitrogen and oxygen atoms in total. The minimum atomic E-state index is 0.0138. The van der Waals surface area contributed by atoms with Crippen LogP contribution < -0.4 is 0 Å². The van der Waals surface area contributed by atoms with E-state index in [4.69, 9.17) is 4.74 Å². The average molecular weight is 225 g/mol. The van der Waals surface area contributed by atoms with E-state index in [0.717, 1.165) is 19.6 Å². The van der Waals surface area contributed by atoms with Crippen molar-refractivity contribution in [3.8, 4) is 0 Å². The molecule has 0 unspecified atom stereocenters. The third-order valence-corrected chi connectivity index (χ3v) is 3.68. The first-order valence-corrected chi connectivity index (χ1v) is 5.94. The average Bonchev–Trinajstić information content (AvgIpc) is 3.00. The lowest BCUT2D eigenvalue weighted by molar-refractivity contribution is -0.140. The molecular formula is C12H19NO3. The molecule has 90 valence electrons. The molecule has 0 bridgehead atoms. The van der Waals surface area contributed by atoms with E-state index in [2.05, 4.69) is 0 Å². The number of carbonyl (C=O) groups is 2. The Balaban J connectivity index is 1.85. The van der Waals surface area contributed by atoms with Crippen molar-refractivity contribution >= 4 is 11.7 Å². The molecule has 4 heteroatoms. The highest BCUT2D eigenvalue weighted by atomic mass is 16.5. The fourth-order valence-electron chi connectivity index (χ4n) is 2.31. The van der Waals surface area contributed by atoms with Gasteiger partial charge in [0, 0.05) is 33.2 Å².